The van der Waals surface area contributed by atoms with E-state index in [1.54, 1.807) is 25.4 Å². The molecule has 0 unspecified atom stereocenters. The van der Waals surface area contributed by atoms with Gasteiger partial charge in [-0.1, -0.05) is 37.6 Å². The fraction of sp³-hybridized carbons (Fsp3) is 0.304. The van der Waals surface area contributed by atoms with Crippen LogP contribution in [0.25, 0.3) is 16.8 Å². The number of aromatic nitrogens is 2. The quantitative estimate of drug-likeness (QED) is 0.537. The molecule has 0 fully saturated rings. The van der Waals surface area contributed by atoms with Gasteiger partial charge in [0.15, 0.2) is 11.5 Å². The molecule has 6 heteroatoms. The topological polar surface area (TPSA) is 52.8 Å². The Morgan fingerprint density at radius 3 is 2.72 bits per heavy atom. The number of rotatable bonds is 7. The van der Waals surface area contributed by atoms with Crippen molar-refractivity contribution in [2.24, 2.45) is 5.92 Å². The summed E-state index contributed by atoms with van der Waals surface area (Å²) in [6.45, 7) is 6.87. The lowest BCUT2D eigenvalue weighted by Gasteiger charge is -2.12. The standard InChI is InChI=1S/C23H25ClN2O3/c1-15(2)9-10-29-20-7-6-17(12-21(20)28-4)11-18(24)19-13-23(27)26-14-16(3)5-8-22(26)25-19/h5-8,11-15H,9-10H2,1-4H3/b18-11-. The van der Waals surface area contributed by atoms with E-state index < -0.39 is 0 Å². The van der Waals surface area contributed by atoms with Crippen LogP contribution in [-0.4, -0.2) is 23.1 Å². The highest BCUT2D eigenvalue weighted by Gasteiger charge is 2.09. The second kappa shape index (κ2) is 9.14. The molecule has 0 saturated heterocycles. The van der Waals surface area contributed by atoms with Gasteiger partial charge in [-0.2, -0.15) is 0 Å². The minimum absolute atomic E-state index is 0.174. The predicted molar refractivity (Wildman–Crippen MR) is 118 cm³/mol. The molecule has 0 radical (unpaired) electrons. The summed E-state index contributed by atoms with van der Waals surface area (Å²) in [5, 5.41) is 0.376. The second-order valence-corrected chi connectivity index (χ2v) is 7.76. The minimum atomic E-state index is -0.174. The van der Waals surface area contributed by atoms with Crippen LogP contribution in [0, 0.1) is 12.8 Å². The SMILES string of the molecule is COc1cc(/C=C(\Cl)c2cc(=O)n3cc(C)ccc3n2)ccc1OCCC(C)C. The number of nitrogens with zero attached hydrogens (tertiary/aromatic N) is 2. The van der Waals surface area contributed by atoms with E-state index >= 15 is 0 Å². The lowest BCUT2D eigenvalue weighted by molar-refractivity contribution is 0.273. The summed E-state index contributed by atoms with van der Waals surface area (Å²) in [7, 11) is 1.60. The highest BCUT2D eigenvalue weighted by molar-refractivity contribution is 6.51. The molecule has 3 rings (SSSR count). The number of pyridine rings is 1. The van der Waals surface area contributed by atoms with Gasteiger partial charge in [-0.05, 0) is 54.7 Å². The van der Waals surface area contributed by atoms with Crippen molar-refractivity contribution in [2.75, 3.05) is 13.7 Å². The van der Waals surface area contributed by atoms with Gasteiger partial charge in [0.2, 0.25) is 0 Å². The highest BCUT2D eigenvalue weighted by Crippen LogP contribution is 2.30. The minimum Gasteiger partial charge on any atom is -0.493 e. The Labute approximate surface area is 175 Å². The van der Waals surface area contributed by atoms with E-state index in [-0.39, 0.29) is 5.56 Å². The first kappa shape index (κ1) is 20.9. The summed E-state index contributed by atoms with van der Waals surface area (Å²) < 4.78 is 12.8. The molecular weight excluding hydrogens is 388 g/mol. The first-order valence-corrected chi connectivity index (χ1v) is 9.93. The first-order valence-electron chi connectivity index (χ1n) is 9.56. The summed E-state index contributed by atoms with van der Waals surface area (Å²) in [6.07, 6.45) is 4.49. The number of halogens is 1. The summed E-state index contributed by atoms with van der Waals surface area (Å²) in [4.78, 5) is 16.9. The van der Waals surface area contributed by atoms with Crippen LogP contribution in [0.3, 0.4) is 0 Å². The molecule has 0 bridgehead atoms. The van der Waals surface area contributed by atoms with Crippen molar-refractivity contribution in [3.8, 4) is 11.5 Å². The number of hydrogen-bond donors (Lipinski definition) is 0. The smallest absolute Gasteiger partial charge is 0.258 e. The molecule has 0 saturated carbocycles. The van der Waals surface area contributed by atoms with Crippen molar-refractivity contribution in [2.45, 2.75) is 27.2 Å². The Balaban J connectivity index is 1.88. The largest absolute Gasteiger partial charge is 0.493 e. The van der Waals surface area contributed by atoms with E-state index in [9.17, 15) is 4.79 Å². The van der Waals surface area contributed by atoms with Gasteiger partial charge < -0.3 is 9.47 Å². The Bertz CT molecular complexity index is 1100. The number of aryl methyl sites for hydroxylation is 1. The maximum atomic E-state index is 12.4. The molecule has 2 aromatic heterocycles. The average molecular weight is 413 g/mol. The molecule has 0 aliphatic carbocycles. The molecule has 0 amide bonds. The van der Waals surface area contributed by atoms with Crippen LogP contribution < -0.4 is 15.0 Å². The molecule has 1 aromatic carbocycles. The molecule has 0 spiro atoms. The van der Waals surface area contributed by atoms with E-state index in [1.165, 1.54) is 10.5 Å². The summed E-state index contributed by atoms with van der Waals surface area (Å²) in [5.74, 6) is 1.90. The molecule has 0 aliphatic rings. The lowest BCUT2D eigenvalue weighted by atomic mass is 10.1. The number of ether oxygens (including phenoxy) is 2. The molecular formula is C23H25ClN2O3. The molecule has 0 atom stereocenters. The third-order valence-corrected chi connectivity index (χ3v) is 4.79. The molecule has 3 aromatic rings. The van der Waals surface area contributed by atoms with Crippen LogP contribution >= 0.6 is 11.6 Å². The predicted octanol–water partition coefficient (Wildman–Crippen LogP) is 5.17. The first-order chi connectivity index (χ1) is 13.9. The fourth-order valence-corrected chi connectivity index (χ4v) is 3.07. The normalized spacial score (nSPS) is 11.9. The zero-order chi connectivity index (χ0) is 21.0. The van der Waals surface area contributed by atoms with E-state index in [0.717, 1.165) is 17.5 Å². The van der Waals surface area contributed by atoms with Crippen molar-refractivity contribution >= 4 is 28.4 Å². The third kappa shape index (κ3) is 5.18. The third-order valence-electron chi connectivity index (χ3n) is 4.49. The average Bonchev–Trinajstić information content (AvgIpc) is 2.69. The molecule has 0 N–H and O–H groups in total. The van der Waals surface area contributed by atoms with E-state index in [2.05, 4.69) is 18.8 Å². The van der Waals surface area contributed by atoms with Crippen molar-refractivity contribution < 1.29 is 9.47 Å². The maximum Gasteiger partial charge on any atom is 0.258 e. The van der Waals surface area contributed by atoms with Gasteiger partial charge in [-0.25, -0.2) is 4.98 Å². The highest BCUT2D eigenvalue weighted by atomic mass is 35.5. The van der Waals surface area contributed by atoms with Crippen LogP contribution in [0.1, 0.15) is 37.1 Å². The number of fused-ring (bicyclic) bond motifs is 1. The fourth-order valence-electron chi connectivity index (χ4n) is 2.85. The van der Waals surface area contributed by atoms with Gasteiger partial charge in [0.05, 0.1) is 24.4 Å². The number of benzene rings is 1. The molecule has 0 aliphatic heterocycles. The summed E-state index contributed by atoms with van der Waals surface area (Å²) in [5.41, 5.74) is 2.62. The maximum absolute atomic E-state index is 12.4. The van der Waals surface area contributed by atoms with Gasteiger partial charge in [0.25, 0.3) is 5.56 Å². The molecule has 29 heavy (non-hydrogen) atoms. The van der Waals surface area contributed by atoms with Crippen molar-refractivity contribution in [1.29, 1.82) is 0 Å². The molecule has 152 valence electrons. The lowest BCUT2D eigenvalue weighted by Crippen LogP contribution is -2.15. The van der Waals surface area contributed by atoms with Crippen molar-refractivity contribution in [1.82, 2.24) is 9.38 Å². The van der Waals surface area contributed by atoms with Crippen LogP contribution in [0.2, 0.25) is 0 Å². The number of methoxy groups -OCH3 is 1. The second-order valence-electron chi connectivity index (χ2n) is 7.35. The van der Waals surface area contributed by atoms with Crippen LogP contribution in [0.15, 0.2) is 47.4 Å². The summed E-state index contributed by atoms with van der Waals surface area (Å²) >= 11 is 6.48. The van der Waals surface area contributed by atoms with Gasteiger partial charge in [0, 0.05) is 12.3 Å². The van der Waals surface area contributed by atoms with Crippen LogP contribution in [0.5, 0.6) is 11.5 Å². The monoisotopic (exact) mass is 412 g/mol. The van der Waals surface area contributed by atoms with E-state index in [0.29, 0.717) is 40.4 Å². The van der Waals surface area contributed by atoms with Gasteiger partial charge >= 0.3 is 0 Å². The Morgan fingerprint density at radius 2 is 2.00 bits per heavy atom. The zero-order valence-corrected chi connectivity index (χ0v) is 17.9. The van der Waals surface area contributed by atoms with Gasteiger partial charge in [-0.3, -0.25) is 9.20 Å². The van der Waals surface area contributed by atoms with E-state index in [1.807, 2.05) is 31.2 Å². The van der Waals surface area contributed by atoms with Gasteiger partial charge in [-0.15, -0.1) is 0 Å². The Hall–Kier alpha value is -2.79. The summed E-state index contributed by atoms with van der Waals surface area (Å²) in [6, 6.07) is 10.8. The van der Waals surface area contributed by atoms with Crippen molar-refractivity contribution in [3.63, 3.8) is 0 Å². The molecule has 2 heterocycles. The zero-order valence-electron chi connectivity index (χ0n) is 17.1. The number of hydrogen-bond acceptors (Lipinski definition) is 4. The molecule has 5 nitrogen and oxygen atoms in total. The van der Waals surface area contributed by atoms with Crippen LogP contribution in [0.4, 0.5) is 0 Å². The van der Waals surface area contributed by atoms with Crippen molar-refractivity contribution in [3.05, 3.63) is 69.8 Å². The Morgan fingerprint density at radius 1 is 1.21 bits per heavy atom. The van der Waals surface area contributed by atoms with E-state index in [4.69, 9.17) is 21.1 Å². The van der Waals surface area contributed by atoms with Crippen LogP contribution in [-0.2, 0) is 0 Å². The van der Waals surface area contributed by atoms with Gasteiger partial charge in [0.1, 0.15) is 5.65 Å². The Kier molecular flexibility index (Phi) is 6.60.